The van der Waals surface area contributed by atoms with E-state index in [0.717, 1.165) is 23.9 Å². The van der Waals surface area contributed by atoms with Gasteiger partial charge in [-0.2, -0.15) is 0 Å². The molecular formula is C21H24N3O+. The maximum atomic E-state index is 12.4. The number of benzene rings is 2. The lowest BCUT2D eigenvalue weighted by molar-refractivity contribution is -0.659. The predicted octanol–water partition coefficient (Wildman–Crippen LogP) is 3.17. The standard InChI is InChI=1S/C21H23N3O/c1-3-23-16-24(20-12-8-7-11-19(20)23)15-21(25)22-17(2)13-14-18-9-5-4-6-10-18/h3-12,16-17H,1,13-15H2,2H3/p+1/t17-/m0/s1. The minimum Gasteiger partial charge on any atom is -0.350 e. The maximum absolute atomic E-state index is 12.4. The average Bonchev–Trinajstić information content (AvgIpc) is 2.98. The van der Waals surface area contributed by atoms with E-state index >= 15 is 0 Å². The van der Waals surface area contributed by atoms with Gasteiger partial charge in [-0.1, -0.05) is 49.0 Å². The van der Waals surface area contributed by atoms with Crippen molar-refractivity contribution in [2.45, 2.75) is 32.4 Å². The van der Waals surface area contributed by atoms with Gasteiger partial charge in [0.15, 0.2) is 17.6 Å². The molecule has 0 saturated carbocycles. The molecule has 128 valence electrons. The first-order valence-electron chi connectivity index (χ1n) is 8.62. The minimum absolute atomic E-state index is 0.0255. The van der Waals surface area contributed by atoms with Gasteiger partial charge in [0, 0.05) is 6.04 Å². The van der Waals surface area contributed by atoms with Crippen LogP contribution in [0.4, 0.5) is 0 Å². The fourth-order valence-electron chi connectivity index (χ4n) is 3.05. The third-order valence-electron chi connectivity index (χ3n) is 4.36. The van der Waals surface area contributed by atoms with Crippen molar-refractivity contribution in [3.63, 3.8) is 0 Å². The zero-order valence-electron chi connectivity index (χ0n) is 14.6. The van der Waals surface area contributed by atoms with Crippen molar-refractivity contribution in [1.29, 1.82) is 0 Å². The molecule has 2 aromatic carbocycles. The van der Waals surface area contributed by atoms with Crippen LogP contribution in [0.2, 0.25) is 0 Å². The van der Waals surface area contributed by atoms with Crippen LogP contribution in [-0.4, -0.2) is 16.5 Å². The molecule has 0 bridgehead atoms. The quantitative estimate of drug-likeness (QED) is 0.662. The fraction of sp³-hybridized carbons (Fsp3) is 0.238. The molecule has 1 amide bonds. The second kappa shape index (κ2) is 7.79. The highest BCUT2D eigenvalue weighted by atomic mass is 16.2. The Balaban J connectivity index is 1.60. The lowest BCUT2D eigenvalue weighted by Gasteiger charge is -2.13. The number of rotatable bonds is 7. The molecule has 1 heterocycles. The van der Waals surface area contributed by atoms with Crippen LogP contribution in [0, 0.1) is 0 Å². The van der Waals surface area contributed by atoms with E-state index in [2.05, 4.69) is 31.0 Å². The summed E-state index contributed by atoms with van der Waals surface area (Å²) in [7, 11) is 0. The lowest BCUT2D eigenvalue weighted by Crippen LogP contribution is -2.44. The summed E-state index contributed by atoms with van der Waals surface area (Å²) in [6.45, 7) is 6.18. The zero-order chi connectivity index (χ0) is 17.6. The molecule has 0 aliphatic heterocycles. The van der Waals surface area contributed by atoms with Gasteiger partial charge in [0.25, 0.3) is 5.91 Å². The van der Waals surface area contributed by atoms with E-state index in [0.29, 0.717) is 6.54 Å². The molecule has 0 unspecified atom stereocenters. The van der Waals surface area contributed by atoms with E-state index in [-0.39, 0.29) is 11.9 Å². The minimum atomic E-state index is 0.0255. The summed E-state index contributed by atoms with van der Waals surface area (Å²) in [5.41, 5.74) is 3.36. The van der Waals surface area contributed by atoms with Crippen molar-refractivity contribution in [3.05, 3.63) is 73.1 Å². The zero-order valence-corrected chi connectivity index (χ0v) is 14.6. The Morgan fingerprint density at radius 1 is 1.20 bits per heavy atom. The van der Waals surface area contributed by atoms with Crippen LogP contribution in [0.5, 0.6) is 0 Å². The van der Waals surface area contributed by atoms with Gasteiger partial charge in [-0.25, -0.2) is 9.13 Å². The van der Waals surface area contributed by atoms with Crippen LogP contribution in [0.15, 0.2) is 67.5 Å². The Kier molecular flexibility index (Phi) is 5.29. The highest BCUT2D eigenvalue weighted by molar-refractivity contribution is 5.77. The highest BCUT2D eigenvalue weighted by Crippen LogP contribution is 2.10. The predicted molar refractivity (Wildman–Crippen MR) is 101 cm³/mol. The average molecular weight is 334 g/mol. The summed E-state index contributed by atoms with van der Waals surface area (Å²) in [4.78, 5) is 12.4. The summed E-state index contributed by atoms with van der Waals surface area (Å²) in [6.07, 6.45) is 5.55. The number of hydrogen-bond acceptors (Lipinski definition) is 1. The number of nitrogens with one attached hydrogen (secondary N) is 1. The summed E-state index contributed by atoms with van der Waals surface area (Å²) in [5, 5.41) is 3.10. The number of carbonyl (C=O) groups excluding carboxylic acids is 1. The van der Waals surface area contributed by atoms with Crippen LogP contribution < -0.4 is 9.88 Å². The van der Waals surface area contributed by atoms with Gasteiger partial charge >= 0.3 is 0 Å². The van der Waals surface area contributed by atoms with Gasteiger partial charge < -0.3 is 5.32 Å². The molecule has 1 atom stereocenters. The first-order chi connectivity index (χ1) is 12.2. The van der Waals surface area contributed by atoms with E-state index in [1.807, 2.05) is 57.9 Å². The molecule has 0 aliphatic carbocycles. The van der Waals surface area contributed by atoms with Crippen LogP contribution in [0.1, 0.15) is 18.9 Å². The third kappa shape index (κ3) is 4.15. The number of aryl methyl sites for hydroxylation is 1. The summed E-state index contributed by atoms with van der Waals surface area (Å²) in [5.74, 6) is 0.0255. The van der Waals surface area contributed by atoms with Crippen molar-refractivity contribution in [2.24, 2.45) is 0 Å². The monoisotopic (exact) mass is 334 g/mol. The van der Waals surface area contributed by atoms with Crippen molar-refractivity contribution in [3.8, 4) is 0 Å². The highest BCUT2D eigenvalue weighted by Gasteiger charge is 2.17. The van der Waals surface area contributed by atoms with Crippen molar-refractivity contribution in [1.82, 2.24) is 9.88 Å². The van der Waals surface area contributed by atoms with Crippen molar-refractivity contribution in [2.75, 3.05) is 0 Å². The molecule has 1 N–H and O–H groups in total. The smallest absolute Gasteiger partial charge is 0.262 e. The first kappa shape index (κ1) is 17.0. The summed E-state index contributed by atoms with van der Waals surface area (Å²) in [6, 6.07) is 18.5. The lowest BCUT2D eigenvalue weighted by atomic mass is 10.1. The first-order valence-corrected chi connectivity index (χ1v) is 8.62. The molecule has 4 nitrogen and oxygen atoms in total. The van der Waals surface area contributed by atoms with Crippen LogP contribution in [0.3, 0.4) is 0 Å². The Bertz CT molecular complexity index is 867. The largest absolute Gasteiger partial charge is 0.350 e. The van der Waals surface area contributed by atoms with Crippen LogP contribution >= 0.6 is 0 Å². The number of aromatic nitrogens is 2. The van der Waals surface area contributed by atoms with Gasteiger partial charge in [-0.15, -0.1) is 0 Å². The molecular weight excluding hydrogens is 310 g/mol. The van der Waals surface area contributed by atoms with Gasteiger partial charge in [0.05, 0.1) is 6.20 Å². The number of carbonyl (C=O) groups is 1. The number of hydrogen-bond donors (Lipinski definition) is 1. The van der Waals surface area contributed by atoms with Gasteiger partial charge in [0.2, 0.25) is 6.33 Å². The third-order valence-corrected chi connectivity index (χ3v) is 4.36. The molecule has 0 aliphatic rings. The molecule has 1 aromatic heterocycles. The van der Waals surface area contributed by atoms with Gasteiger partial charge in [0.1, 0.15) is 0 Å². The van der Waals surface area contributed by atoms with Crippen molar-refractivity contribution >= 4 is 23.1 Å². The SMILES string of the molecule is C=Cn1c[n+](CC(=O)N[C@@H](C)CCc2ccccc2)c2ccccc21. The summed E-state index contributed by atoms with van der Waals surface area (Å²) >= 11 is 0. The molecule has 0 fully saturated rings. The number of fused-ring (bicyclic) bond motifs is 1. The molecule has 25 heavy (non-hydrogen) atoms. The number of amides is 1. The molecule has 3 aromatic rings. The number of para-hydroxylation sites is 2. The van der Waals surface area contributed by atoms with Gasteiger partial charge in [-0.05, 0) is 37.5 Å². The molecule has 3 rings (SSSR count). The molecule has 0 radical (unpaired) electrons. The van der Waals surface area contributed by atoms with E-state index < -0.39 is 0 Å². The second-order valence-electron chi connectivity index (χ2n) is 6.31. The normalized spacial score (nSPS) is 12.0. The molecule has 0 spiro atoms. The van der Waals surface area contributed by atoms with Gasteiger partial charge in [-0.3, -0.25) is 4.79 Å². The summed E-state index contributed by atoms with van der Waals surface area (Å²) < 4.78 is 3.89. The molecule has 4 heteroatoms. The maximum Gasteiger partial charge on any atom is 0.262 e. The Labute approximate surface area is 148 Å². The van der Waals surface area contributed by atoms with Crippen molar-refractivity contribution < 1.29 is 9.36 Å². The number of imidazole rings is 1. The van der Waals surface area contributed by atoms with E-state index in [1.54, 1.807) is 6.20 Å². The second-order valence-corrected chi connectivity index (χ2v) is 6.31. The van der Waals surface area contributed by atoms with E-state index in [1.165, 1.54) is 5.56 Å². The van der Waals surface area contributed by atoms with Crippen LogP contribution in [0.25, 0.3) is 17.2 Å². The Morgan fingerprint density at radius 3 is 2.68 bits per heavy atom. The van der Waals surface area contributed by atoms with E-state index in [4.69, 9.17) is 0 Å². The molecule has 0 saturated heterocycles. The van der Waals surface area contributed by atoms with Crippen LogP contribution in [-0.2, 0) is 17.8 Å². The Hall–Kier alpha value is -2.88. The Morgan fingerprint density at radius 2 is 1.92 bits per heavy atom. The topological polar surface area (TPSA) is 37.9 Å². The fourth-order valence-corrected chi connectivity index (χ4v) is 3.05. The number of nitrogens with zero attached hydrogens (tertiary/aromatic N) is 2. The van der Waals surface area contributed by atoms with E-state index in [9.17, 15) is 4.79 Å².